The Morgan fingerprint density at radius 2 is 2.21 bits per heavy atom. The molecule has 1 aromatic carbocycles. The molecule has 1 fully saturated rings. The van der Waals surface area contributed by atoms with Crippen LogP contribution in [-0.4, -0.2) is 12.6 Å². The minimum atomic E-state index is -0.425. The standard InChI is InChI=1S/C9H7Cl2NO2/c10-5-1-2-7(11)6(3-5)8-4-12-9(13)14-8/h1-3,8H,4H2,(H,12,13)/t8-/m1/s1. The molecule has 1 aliphatic heterocycles. The van der Waals surface area contributed by atoms with Crippen molar-refractivity contribution in [2.45, 2.75) is 6.10 Å². The first-order valence-electron chi connectivity index (χ1n) is 4.06. The number of alkyl carbamates (subject to hydrolysis) is 1. The Kier molecular flexibility index (Phi) is 2.52. The SMILES string of the molecule is O=C1NC[C@H](c2cc(Cl)ccc2Cl)O1. The maximum atomic E-state index is 10.8. The van der Waals surface area contributed by atoms with Gasteiger partial charge in [-0.3, -0.25) is 0 Å². The van der Waals surface area contributed by atoms with E-state index in [1.165, 1.54) is 0 Å². The number of cyclic esters (lactones) is 1. The van der Waals surface area contributed by atoms with Gasteiger partial charge in [-0.05, 0) is 18.2 Å². The quantitative estimate of drug-likeness (QED) is 0.808. The van der Waals surface area contributed by atoms with Crippen molar-refractivity contribution in [1.82, 2.24) is 5.32 Å². The number of nitrogens with one attached hydrogen (secondary N) is 1. The van der Waals surface area contributed by atoms with Gasteiger partial charge in [0.25, 0.3) is 0 Å². The van der Waals surface area contributed by atoms with Crippen molar-refractivity contribution in [2.24, 2.45) is 0 Å². The molecule has 1 saturated heterocycles. The number of benzene rings is 1. The third-order valence-corrected chi connectivity index (χ3v) is 2.57. The van der Waals surface area contributed by atoms with E-state index in [1.54, 1.807) is 18.2 Å². The third kappa shape index (κ3) is 1.79. The summed E-state index contributed by atoms with van der Waals surface area (Å²) in [5.41, 5.74) is 0.734. The van der Waals surface area contributed by atoms with E-state index >= 15 is 0 Å². The third-order valence-electron chi connectivity index (χ3n) is 1.99. The van der Waals surface area contributed by atoms with Crippen LogP contribution in [0.2, 0.25) is 10.0 Å². The van der Waals surface area contributed by atoms with Crippen LogP contribution in [0.15, 0.2) is 18.2 Å². The van der Waals surface area contributed by atoms with Crippen LogP contribution in [0, 0.1) is 0 Å². The van der Waals surface area contributed by atoms with Crippen molar-refractivity contribution in [2.75, 3.05) is 6.54 Å². The Bertz CT molecular complexity index is 381. The zero-order chi connectivity index (χ0) is 10.1. The minimum Gasteiger partial charge on any atom is -0.439 e. The van der Waals surface area contributed by atoms with Crippen LogP contribution >= 0.6 is 23.2 Å². The normalized spacial score (nSPS) is 20.4. The van der Waals surface area contributed by atoms with Gasteiger partial charge in [-0.2, -0.15) is 0 Å². The summed E-state index contributed by atoms with van der Waals surface area (Å²) in [5.74, 6) is 0. The monoisotopic (exact) mass is 231 g/mol. The van der Waals surface area contributed by atoms with Gasteiger partial charge in [-0.25, -0.2) is 4.79 Å². The van der Waals surface area contributed by atoms with E-state index in [2.05, 4.69) is 5.32 Å². The summed E-state index contributed by atoms with van der Waals surface area (Å²) in [4.78, 5) is 10.8. The van der Waals surface area contributed by atoms with Crippen LogP contribution < -0.4 is 5.32 Å². The molecular weight excluding hydrogens is 225 g/mol. The van der Waals surface area contributed by atoms with Crippen LogP contribution in [0.25, 0.3) is 0 Å². The number of halogens is 2. The Hall–Kier alpha value is -0.930. The lowest BCUT2D eigenvalue weighted by Crippen LogP contribution is -2.12. The molecule has 1 heterocycles. The van der Waals surface area contributed by atoms with Crippen LogP contribution in [0.3, 0.4) is 0 Å². The van der Waals surface area contributed by atoms with E-state index in [1.807, 2.05) is 0 Å². The van der Waals surface area contributed by atoms with Crippen LogP contribution in [-0.2, 0) is 4.74 Å². The molecule has 0 saturated carbocycles. The summed E-state index contributed by atoms with van der Waals surface area (Å²) in [5, 5.41) is 3.68. The molecule has 1 aromatic rings. The summed E-state index contributed by atoms with van der Waals surface area (Å²) in [6.45, 7) is 0.429. The maximum absolute atomic E-state index is 10.8. The molecule has 1 atom stereocenters. The summed E-state index contributed by atoms with van der Waals surface area (Å²) in [6, 6.07) is 5.08. The molecule has 0 radical (unpaired) electrons. The summed E-state index contributed by atoms with van der Waals surface area (Å²) in [7, 11) is 0. The van der Waals surface area contributed by atoms with Crippen molar-refractivity contribution in [3.63, 3.8) is 0 Å². The van der Waals surface area contributed by atoms with E-state index in [9.17, 15) is 4.79 Å². The van der Waals surface area contributed by atoms with Crippen molar-refractivity contribution in [3.8, 4) is 0 Å². The Morgan fingerprint density at radius 1 is 1.43 bits per heavy atom. The van der Waals surface area contributed by atoms with Crippen LogP contribution in [0.4, 0.5) is 4.79 Å². The fraction of sp³-hybridized carbons (Fsp3) is 0.222. The number of ether oxygens (including phenoxy) is 1. The summed E-state index contributed by atoms with van der Waals surface area (Å²) in [6.07, 6.45) is -0.764. The van der Waals surface area contributed by atoms with E-state index in [0.29, 0.717) is 16.6 Å². The van der Waals surface area contributed by atoms with Crippen molar-refractivity contribution < 1.29 is 9.53 Å². The highest BCUT2D eigenvalue weighted by Gasteiger charge is 2.25. The van der Waals surface area contributed by atoms with E-state index in [4.69, 9.17) is 27.9 Å². The van der Waals surface area contributed by atoms with Crippen LogP contribution in [0.1, 0.15) is 11.7 Å². The van der Waals surface area contributed by atoms with Gasteiger partial charge in [-0.15, -0.1) is 0 Å². The number of carbonyl (C=O) groups excluding carboxylic acids is 1. The molecule has 74 valence electrons. The van der Waals surface area contributed by atoms with Crippen molar-refractivity contribution >= 4 is 29.3 Å². The first-order valence-corrected chi connectivity index (χ1v) is 4.82. The second-order valence-electron chi connectivity index (χ2n) is 2.94. The van der Waals surface area contributed by atoms with Gasteiger partial charge in [0.15, 0.2) is 0 Å². The second-order valence-corrected chi connectivity index (χ2v) is 3.78. The minimum absolute atomic E-state index is 0.339. The first kappa shape index (κ1) is 9.62. The highest BCUT2D eigenvalue weighted by atomic mass is 35.5. The van der Waals surface area contributed by atoms with Crippen molar-refractivity contribution in [1.29, 1.82) is 0 Å². The molecule has 2 rings (SSSR count). The topological polar surface area (TPSA) is 38.3 Å². The molecule has 1 N–H and O–H groups in total. The van der Waals surface area contributed by atoms with Gasteiger partial charge in [-0.1, -0.05) is 23.2 Å². The van der Waals surface area contributed by atoms with Gasteiger partial charge >= 0.3 is 6.09 Å². The van der Waals surface area contributed by atoms with E-state index in [-0.39, 0.29) is 6.10 Å². The smallest absolute Gasteiger partial charge is 0.407 e. The van der Waals surface area contributed by atoms with Gasteiger partial charge in [0.1, 0.15) is 6.10 Å². The second kappa shape index (κ2) is 3.67. The lowest BCUT2D eigenvalue weighted by Gasteiger charge is -2.09. The van der Waals surface area contributed by atoms with Gasteiger partial charge < -0.3 is 10.1 Å². The molecule has 14 heavy (non-hydrogen) atoms. The molecule has 0 bridgehead atoms. The highest BCUT2D eigenvalue weighted by Crippen LogP contribution is 2.29. The Morgan fingerprint density at radius 3 is 2.86 bits per heavy atom. The lowest BCUT2D eigenvalue weighted by atomic mass is 10.1. The van der Waals surface area contributed by atoms with Gasteiger partial charge in [0.05, 0.1) is 6.54 Å². The molecule has 0 unspecified atom stereocenters. The zero-order valence-corrected chi connectivity index (χ0v) is 8.60. The average molecular weight is 232 g/mol. The largest absolute Gasteiger partial charge is 0.439 e. The van der Waals surface area contributed by atoms with Gasteiger partial charge in [0, 0.05) is 15.6 Å². The molecule has 0 aromatic heterocycles. The predicted molar refractivity (Wildman–Crippen MR) is 53.7 cm³/mol. The molecule has 0 aliphatic carbocycles. The molecule has 5 heteroatoms. The lowest BCUT2D eigenvalue weighted by molar-refractivity contribution is 0.141. The van der Waals surface area contributed by atoms with Gasteiger partial charge in [0.2, 0.25) is 0 Å². The van der Waals surface area contributed by atoms with E-state index in [0.717, 1.165) is 5.56 Å². The molecule has 1 aliphatic rings. The maximum Gasteiger partial charge on any atom is 0.407 e. The molecule has 3 nitrogen and oxygen atoms in total. The predicted octanol–water partition coefficient (Wildman–Crippen LogP) is 2.77. The first-order chi connectivity index (χ1) is 6.66. The summed E-state index contributed by atoms with van der Waals surface area (Å²) < 4.78 is 4.99. The zero-order valence-electron chi connectivity index (χ0n) is 7.09. The van der Waals surface area contributed by atoms with E-state index < -0.39 is 6.09 Å². The Balaban J connectivity index is 2.31. The summed E-state index contributed by atoms with van der Waals surface area (Å²) >= 11 is 11.8. The highest BCUT2D eigenvalue weighted by molar-refractivity contribution is 6.33. The fourth-order valence-electron chi connectivity index (χ4n) is 1.32. The Labute approximate surface area is 91.0 Å². The number of rotatable bonds is 1. The molecule has 1 amide bonds. The van der Waals surface area contributed by atoms with Crippen LogP contribution in [0.5, 0.6) is 0 Å². The molecule has 0 spiro atoms. The number of amides is 1. The van der Waals surface area contributed by atoms with Crippen molar-refractivity contribution in [3.05, 3.63) is 33.8 Å². The number of hydrogen-bond donors (Lipinski definition) is 1. The number of carbonyl (C=O) groups is 1. The number of hydrogen-bond acceptors (Lipinski definition) is 2. The fourth-order valence-corrected chi connectivity index (χ4v) is 1.74. The molecular formula is C9H7Cl2NO2. The average Bonchev–Trinajstić information content (AvgIpc) is 2.56.